The van der Waals surface area contributed by atoms with Gasteiger partial charge in [0.15, 0.2) is 0 Å². The summed E-state index contributed by atoms with van der Waals surface area (Å²) in [6.07, 6.45) is 2.44. The van der Waals surface area contributed by atoms with Crippen molar-refractivity contribution in [3.8, 4) is 11.5 Å². The molecule has 1 saturated heterocycles. The standard InChI is InChI=1S/C19H19NO6S3/c1-20-14-15-27-18(20)12-13-19(28(21,22)25-16-8-4-2-5-9-16)29(23,24)26-17-10-6-3-7-11-17/h2-13H,14-15H2,1H3. The molecule has 0 aliphatic carbocycles. The molecular formula is C19H19NO6S3. The van der Waals surface area contributed by atoms with E-state index in [9.17, 15) is 16.8 Å². The van der Waals surface area contributed by atoms with E-state index in [1.54, 1.807) is 36.4 Å². The zero-order chi connectivity index (χ0) is 20.9. The van der Waals surface area contributed by atoms with E-state index in [-0.39, 0.29) is 11.5 Å². The summed E-state index contributed by atoms with van der Waals surface area (Å²) in [4.78, 5) is 1.90. The minimum Gasteiger partial charge on any atom is -0.378 e. The van der Waals surface area contributed by atoms with Gasteiger partial charge in [0.1, 0.15) is 11.5 Å². The van der Waals surface area contributed by atoms with Crippen molar-refractivity contribution >= 4 is 32.0 Å². The monoisotopic (exact) mass is 453 g/mol. The lowest BCUT2D eigenvalue weighted by molar-refractivity contribution is 0.483. The molecule has 29 heavy (non-hydrogen) atoms. The molecular weight excluding hydrogens is 434 g/mol. The molecule has 1 aliphatic heterocycles. The number of hydrogen-bond donors (Lipinski definition) is 0. The van der Waals surface area contributed by atoms with Crippen molar-refractivity contribution in [2.24, 2.45) is 0 Å². The number of nitrogens with zero attached hydrogens (tertiary/aromatic N) is 1. The first-order valence-electron chi connectivity index (χ1n) is 8.53. The van der Waals surface area contributed by atoms with Crippen molar-refractivity contribution in [1.82, 2.24) is 4.90 Å². The highest BCUT2D eigenvalue weighted by atomic mass is 32.3. The van der Waals surface area contributed by atoms with E-state index in [1.165, 1.54) is 42.1 Å². The van der Waals surface area contributed by atoms with Gasteiger partial charge in [-0.05, 0) is 36.4 Å². The lowest BCUT2D eigenvalue weighted by atomic mass is 10.3. The Kier molecular flexibility index (Phi) is 6.56. The fourth-order valence-corrected chi connectivity index (χ4v) is 6.02. The summed E-state index contributed by atoms with van der Waals surface area (Å²) >= 11 is 1.49. The molecule has 0 spiro atoms. The number of rotatable bonds is 7. The average Bonchev–Trinajstić information content (AvgIpc) is 3.07. The first kappa shape index (κ1) is 21.3. The minimum absolute atomic E-state index is 0.00618. The molecule has 3 rings (SSSR count). The maximum Gasteiger partial charge on any atom is 0.353 e. The van der Waals surface area contributed by atoms with Crippen molar-refractivity contribution in [2.45, 2.75) is 0 Å². The Morgan fingerprint density at radius 3 is 1.79 bits per heavy atom. The molecule has 0 unspecified atom stereocenters. The second-order valence-electron chi connectivity index (χ2n) is 5.96. The van der Waals surface area contributed by atoms with E-state index in [0.29, 0.717) is 0 Å². The van der Waals surface area contributed by atoms with E-state index in [1.807, 2.05) is 11.9 Å². The molecule has 10 heteroatoms. The maximum atomic E-state index is 12.8. The highest BCUT2D eigenvalue weighted by molar-refractivity contribution is 8.10. The quantitative estimate of drug-likeness (QED) is 0.591. The lowest BCUT2D eigenvalue weighted by Crippen LogP contribution is -2.23. The molecule has 0 atom stereocenters. The van der Waals surface area contributed by atoms with Gasteiger partial charge in [-0.1, -0.05) is 36.4 Å². The van der Waals surface area contributed by atoms with Crippen LogP contribution in [0.25, 0.3) is 0 Å². The minimum atomic E-state index is -4.69. The van der Waals surface area contributed by atoms with E-state index >= 15 is 0 Å². The highest BCUT2D eigenvalue weighted by Gasteiger charge is 2.34. The smallest absolute Gasteiger partial charge is 0.353 e. The Morgan fingerprint density at radius 1 is 0.897 bits per heavy atom. The summed E-state index contributed by atoms with van der Waals surface area (Å²) < 4.78 is 60.4. The molecule has 0 saturated carbocycles. The second kappa shape index (κ2) is 8.93. The Hall–Kier alpha value is -2.43. The summed E-state index contributed by atoms with van der Waals surface area (Å²) in [5.74, 6) is 0.813. The van der Waals surface area contributed by atoms with Crippen LogP contribution < -0.4 is 8.37 Å². The lowest BCUT2D eigenvalue weighted by Gasteiger charge is -2.13. The molecule has 1 aliphatic rings. The van der Waals surface area contributed by atoms with Gasteiger partial charge in [0, 0.05) is 19.3 Å². The van der Waals surface area contributed by atoms with Crippen LogP contribution in [0.1, 0.15) is 0 Å². The molecule has 154 valence electrons. The largest absolute Gasteiger partial charge is 0.378 e. The van der Waals surface area contributed by atoms with E-state index < -0.39 is 24.5 Å². The number of benzene rings is 2. The molecule has 1 heterocycles. The first-order chi connectivity index (χ1) is 13.8. The maximum absolute atomic E-state index is 12.8. The summed E-state index contributed by atoms with van der Waals surface area (Å²) in [5, 5.41) is 0.743. The van der Waals surface area contributed by atoms with Gasteiger partial charge in [0.05, 0.1) is 5.03 Å². The van der Waals surface area contributed by atoms with Crippen LogP contribution in [0.2, 0.25) is 0 Å². The number of thioether (sulfide) groups is 1. The molecule has 0 bridgehead atoms. The van der Waals surface area contributed by atoms with Gasteiger partial charge in [-0.15, -0.1) is 11.8 Å². The Bertz CT molecular complexity index is 1040. The van der Waals surface area contributed by atoms with Gasteiger partial charge in [-0.25, -0.2) is 0 Å². The zero-order valence-corrected chi connectivity index (χ0v) is 17.9. The van der Waals surface area contributed by atoms with Crippen LogP contribution in [-0.2, 0) is 20.2 Å². The Morgan fingerprint density at radius 2 is 1.38 bits per heavy atom. The van der Waals surface area contributed by atoms with Crippen molar-refractivity contribution in [2.75, 3.05) is 19.3 Å². The summed E-state index contributed by atoms with van der Waals surface area (Å²) in [5.41, 5.74) is 0. The fourth-order valence-electron chi connectivity index (χ4n) is 2.40. The van der Waals surface area contributed by atoms with Gasteiger partial charge < -0.3 is 13.3 Å². The molecule has 1 fully saturated rings. The van der Waals surface area contributed by atoms with E-state index in [4.69, 9.17) is 8.37 Å². The van der Waals surface area contributed by atoms with Gasteiger partial charge in [0.2, 0.25) is 4.24 Å². The van der Waals surface area contributed by atoms with E-state index in [0.717, 1.165) is 23.4 Å². The second-order valence-corrected chi connectivity index (χ2v) is 10.4. The highest BCUT2D eigenvalue weighted by Crippen LogP contribution is 2.28. The topological polar surface area (TPSA) is 90.0 Å². The van der Waals surface area contributed by atoms with Crippen molar-refractivity contribution in [1.29, 1.82) is 0 Å². The van der Waals surface area contributed by atoms with Gasteiger partial charge >= 0.3 is 20.2 Å². The van der Waals surface area contributed by atoms with Crippen molar-refractivity contribution < 1.29 is 25.2 Å². The van der Waals surface area contributed by atoms with Crippen LogP contribution in [0.15, 0.2) is 82.1 Å². The van der Waals surface area contributed by atoms with Gasteiger partial charge in [-0.3, -0.25) is 0 Å². The van der Waals surface area contributed by atoms with Gasteiger partial charge in [0.25, 0.3) is 0 Å². The van der Waals surface area contributed by atoms with Crippen LogP contribution in [-0.4, -0.2) is 41.1 Å². The Labute approximate surface area is 174 Å². The van der Waals surface area contributed by atoms with Crippen LogP contribution in [0.3, 0.4) is 0 Å². The van der Waals surface area contributed by atoms with Crippen LogP contribution >= 0.6 is 11.8 Å². The molecule has 0 N–H and O–H groups in total. The third-order valence-electron chi connectivity index (χ3n) is 3.81. The van der Waals surface area contributed by atoms with Crippen molar-refractivity contribution in [3.63, 3.8) is 0 Å². The predicted molar refractivity (Wildman–Crippen MR) is 113 cm³/mol. The van der Waals surface area contributed by atoms with Crippen LogP contribution in [0.5, 0.6) is 11.5 Å². The normalized spacial score (nSPS) is 15.9. The predicted octanol–water partition coefficient (Wildman–Crippen LogP) is 3.17. The van der Waals surface area contributed by atoms with Crippen molar-refractivity contribution in [3.05, 3.63) is 82.1 Å². The Balaban J connectivity index is 2.01. The molecule has 0 radical (unpaired) electrons. The van der Waals surface area contributed by atoms with E-state index in [2.05, 4.69) is 0 Å². The summed E-state index contributed by atoms with van der Waals surface area (Å²) in [7, 11) is -7.54. The van der Waals surface area contributed by atoms with Crippen LogP contribution in [0.4, 0.5) is 0 Å². The molecule has 2 aromatic rings. The first-order valence-corrected chi connectivity index (χ1v) is 12.3. The fraction of sp³-hybridized carbons (Fsp3) is 0.158. The molecule has 0 amide bonds. The number of para-hydroxylation sites is 2. The summed E-state index contributed by atoms with van der Waals surface area (Å²) in [6.45, 7) is 0.778. The summed E-state index contributed by atoms with van der Waals surface area (Å²) in [6, 6.07) is 15.3. The molecule has 7 nitrogen and oxygen atoms in total. The van der Waals surface area contributed by atoms with Crippen LogP contribution in [0, 0.1) is 0 Å². The molecule has 0 aromatic heterocycles. The molecule has 2 aromatic carbocycles. The SMILES string of the molecule is CN1CCSC1=CC=C(S(=O)(=O)Oc1ccccc1)S(=O)(=O)Oc1ccccc1. The third-order valence-corrected chi connectivity index (χ3v) is 8.24. The average molecular weight is 454 g/mol. The number of hydrogen-bond acceptors (Lipinski definition) is 8. The third kappa shape index (κ3) is 5.55. The van der Waals surface area contributed by atoms with Gasteiger partial charge in [-0.2, -0.15) is 16.8 Å². The zero-order valence-electron chi connectivity index (χ0n) is 15.5. The number of allylic oxidation sites excluding steroid dienone is 2.